The van der Waals surface area contributed by atoms with Crippen LogP contribution in [0, 0.1) is 6.92 Å². The van der Waals surface area contributed by atoms with E-state index >= 15 is 0 Å². The molecule has 16 heavy (non-hydrogen) atoms. The molecule has 2 fully saturated rings. The molecule has 2 aliphatic rings. The predicted molar refractivity (Wildman–Crippen MR) is 58.6 cm³/mol. The molecule has 86 valence electrons. The lowest BCUT2D eigenvalue weighted by atomic mass is 10.2. The lowest BCUT2D eigenvalue weighted by Crippen LogP contribution is -2.17. The van der Waals surface area contributed by atoms with Gasteiger partial charge in [0.05, 0.1) is 23.6 Å². The van der Waals surface area contributed by atoms with Gasteiger partial charge in [0.2, 0.25) is 10.0 Å². The highest BCUT2D eigenvalue weighted by Gasteiger charge is 2.53. The third-order valence-corrected chi connectivity index (χ3v) is 4.92. The summed E-state index contributed by atoms with van der Waals surface area (Å²) in [5.41, 5.74) is 1.06. The second-order valence-electron chi connectivity index (χ2n) is 4.33. The van der Waals surface area contributed by atoms with Crippen LogP contribution in [0.2, 0.25) is 0 Å². The van der Waals surface area contributed by atoms with Gasteiger partial charge in [0.25, 0.3) is 0 Å². The van der Waals surface area contributed by atoms with Crippen LogP contribution in [0.5, 0.6) is 0 Å². The van der Waals surface area contributed by atoms with E-state index in [2.05, 4.69) is 0 Å². The second kappa shape index (κ2) is 3.29. The lowest BCUT2D eigenvalue weighted by molar-refractivity contribution is 0.393. The van der Waals surface area contributed by atoms with Gasteiger partial charge in [0.1, 0.15) is 0 Å². The summed E-state index contributed by atoms with van der Waals surface area (Å²) in [5, 5.41) is 0. The Kier molecular flexibility index (Phi) is 2.11. The van der Waals surface area contributed by atoms with Crippen molar-refractivity contribution in [3.8, 4) is 0 Å². The summed E-state index contributed by atoms with van der Waals surface area (Å²) >= 11 is 0. The Morgan fingerprint density at radius 1 is 1.31 bits per heavy atom. The lowest BCUT2D eigenvalue weighted by Gasteiger charge is -2.05. The van der Waals surface area contributed by atoms with Crippen molar-refractivity contribution in [2.24, 2.45) is 0 Å². The van der Waals surface area contributed by atoms with E-state index in [1.54, 1.807) is 12.1 Å². The number of epoxide rings is 1. The molecular weight excluding hydrogens is 226 g/mol. The van der Waals surface area contributed by atoms with Gasteiger partial charge in [-0.1, -0.05) is 17.7 Å². The fraction of sp³-hybridized carbons (Fsp3) is 0.455. The molecule has 2 saturated heterocycles. The quantitative estimate of drug-likeness (QED) is 0.732. The Morgan fingerprint density at radius 3 is 2.50 bits per heavy atom. The first-order chi connectivity index (χ1) is 7.59. The Morgan fingerprint density at radius 2 is 1.94 bits per heavy atom. The summed E-state index contributed by atoms with van der Waals surface area (Å²) in [6.45, 7) is 3.24. The van der Waals surface area contributed by atoms with Crippen LogP contribution in [-0.4, -0.2) is 38.0 Å². The van der Waals surface area contributed by atoms with Gasteiger partial charge in [-0.15, -0.1) is 0 Å². The largest absolute Gasteiger partial charge is 0.371 e. The van der Waals surface area contributed by atoms with Crippen molar-refractivity contribution in [3.63, 3.8) is 0 Å². The van der Waals surface area contributed by atoms with E-state index in [1.807, 2.05) is 19.1 Å². The fourth-order valence-corrected chi connectivity index (χ4v) is 3.43. The summed E-state index contributed by atoms with van der Waals surface area (Å²) in [6, 6.07) is 7.03. The zero-order valence-corrected chi connectivity index (χ0v) is 9.78. The van der Waals surface area contributed by atoms with Gasteiger partial charge < -0.3 is 4.74 Å². The minimum absolute atomic E-state index is 0.0753. The van der Waals surface area contributed by atoms with Crippen molar-refractivity contribution in [2.75, 3.05) is 13.2 Å². The number of ether oxygens (including phenoxy) is 1. The first-order valence-corrected chi connectivity index (χ1v) is 6.73. The molecule has 0 radical (unpaired) electrons. The van der Waals surface area contributed by atoms with E-state index in [4.69, 9.17) is 4.74 Å². The van der Waals surface area contributed by atoms with Crippen LogP contribution in [0.25, 0.3) is 0 Å². The Hall–Kier alpha value is -0.910. The van der Waals surface area contributed by atoms with Crippen LogP contribution in [0.1, 0.15) is 5.56 Å². The highest BCUT2D eigenvalue weighted by Crippen LogP contribution is 2.35. The van der Waals surface area contributed by atoms with Crippen molar-refractivity contribution < 1.29 is 13.2 Å². The van der Waals surface area contributed by atoms with E-state index < -0.39 is 10.0 Å². The maximum Gasteiger partial charge on any atom is 0.243 e. The highest BCUT2D eigenvalue weighted by molar-refractivity contribution is 7.89. The Balaban J connectivity index is 1.85. The van der Waals surface area contributed by atoms with Crippen LogP contribution in [0.3, 0.4) is 0 Å². The molecule has 0 amide bonds. The smallest absolute Gasteiger partial charge is 0.243 e. The monoisotopic (exact) mass is 239 g/mol. The van der Waals surface area contributed by atoms with Crippen LogP contribution >= 0.6 is 0 Å². The van der Waals surface area contributed by atoms with Gasteiger partial charge in [-0.2, -0.15) is 4.31 Å². The molecule has 1 unspecified atom stereocenters. The average molecular weight is 239 g/mol. The molecule has 1 aromatic rings. The number of hydrogen-bond acceptors (Lipinski definition) is 3. The van der Waals surface area contributed by atoms with Gasteiger partial charge in [-0.05, 0) is 19.1 Å². The molecule has 2 heterocycles. The van der Waals surface area contributed by atoms with Gasteiger partial charge in [-0.3, -0.25) is 0 Å². The molecule has 3 rings (SSSR count). The predicted octanol–water partition coefficient (Wildman–Crippen LogP) is 0.767. The summed E-state index contributed by atoms with van der Waals surface area (Å²) in [5.74, 6) is 0. The molecule has 0 N–H and O–H groups in total. The molecule has 4 nitrogen and oxygen atoms in total. The molecule has 1 aromatic carbocycles. The third-order valence-electron chi connectivity index (χ3n) is 3.02. The molecule has 0 aromatic heterocycles. The maximum absolute atomic E-state index is 12.1. The second-order valence-corrected chi connectivity index (χ2v) is 6.22. The molecule has 0 aliphatic carbocycles. The van der Waals surface area contributed by atoms with E-state index in [0.29, 0.717) is 18.0 Å². The van der Waals surface area contributed by atoms with Gasteiger partial charge in [-0.25, -0.2) is 8.42 Å². The van der Waals surface area contributed by atoms with E-state index in [1.165, 1.54) is 4.31 Å². The third kappa shape index (κ3) is 1.65. The highest BCUT2D eigenvalue weighted by atomic mass is 32.2. The number of rotatable bonds is 3. The topological polar surface area (TPSA) is 49.7 Å². The molecule has 5 heteroatoms. The van der Waals surface area contributed by atoms with Crippen LogP contribution in [0.4, 0.5) is 0 Å². The van der Waals surface area contributed by atoms with Crippen LogP contribution in [0.15, 0.2) is 29.2 Å². The summed E-state index contributed by atoms with van der Waals surface area (Å²) in [6.07, 6.45) is 0.139. The number of nitrogens with zero attached hydrogens (tertiary/aromatic N) is 1. The molecule has 3 atom stereocenters. The number of hydrogen-bond donors (Lipinski definition) is 0. The maximum atomic E-state index is 12.1. The molecular formula is C11H13NO3S. The fourth-order valence-electron chi connectivity index (χ4n) is 1.84. The van der Waals surface area contributed by atoms with Crippen molar-refractivity contribution in [2.45, 2.75) is 24.0 Å². The van der Waals surface area contributed by atoms with Gasteiger partial charge in [0, 0.05) is 6.54 Å². The van der Waals surface area contributed by atoms with Crippen LogP contribution in [-0.2, 0) is 14.8 Å². The van der Waals surface area contributed by atoms with Gasteiger partial charge >= 0.3 is 0 Å². The van der Waals surface area contributed by atoms with Crippen LogP contribution < -0.4 is 0 Å². The minimum Gasteiger partial charge on any atom is -0.371 e. The minimum atomic E-state index is -3.28. The molecule has 2 aliphatic heterocycles. The zero-order chi connectivity index (χ0) is 11.3. The van der Waals surface area contributed by atoms with E-state index in [-0.39, 0.29) is 12.1 Å². The molecule has 0 bridgehead atoms. The SMILES string of the molecule is Cc1ccc(S(=O)(=O)N2C[C@H]2[C@@H]2CO2)cc1. The van der Waals surface area contributed by atoms with Crippen molar-refractivity contribution in [1.82, 2.24) is 4.31 Å². The summed E-state index contributed by atoms with van der Waals surface area (Å²) < 4.78 is 30.9. The zero-order valence-electron chi connectivity index (χ0n) is 8.96. The number of aryl methyl sites for hydroxylation is 1. The molecule has 0 spiro atoms. The normalized spacial score (nSPS) is 32.4. The Bertz CT molecular complexity index is 505. The van der Waals surface area contributed by atoms with E-state index in [0.717, 1.165) is 5.56 Å². The summed E-state index contributed by atoms with van der Waals surface area (Å²) in [4.78, 5) is 0.376. The summed E-state index contributed by atoms with van der Waals surface area (Å²) in [7, 11) is -3.28. The first-order valence-electron chi connectivity index (χ1n) is 5.29. The van der Waals surface area contributed by atoms with Crippen molar-refractivity contribution in [1.29, 1.82) is 0 Å². The molecule has 0 saturated carbocycles. The number of sulfonamides is 1. The average Bonchev–Trinajstić information content (AvgIpc) is 3.10. The number of benzene rings is 1. The Labute approximate surface area is 94.9 Å². The standard InChI is InChI=1S/C11H13NO3S/c1-8-2-4-9(5-3-8)16(13,14)12-6-10(12)11-7-15-11/h2-5,10-11H,6-7H2,1H3/t10-,11-,12?/m0/s1. The van der Waals surface area contributed by atoms with Crippen molar-refractivity contribution >= 4 is 10.0 Å². The van der Waals surface area contributed by atoms with Crippen molar-refractivity contribution in [3.05, 3.63) is 29.8 Å². The van der Waals surface area contributed by atoms with E-state index in [9.17, 15) is 8.42 Å². The first kappa shape index (κ1) is 10.3. The van der Waals surface area contributed by atoms with Gasteiger partial charge in [0.15, 0.2) is 0 Å².